The van der Waals surface area contributed by atoms with Gasteiger partial charge in [-0.25, -0.2) is 0 Å². The molecule has 0 bridgehead atoms. The predicted octanol–water partition coefficient (Wildman–Crippen LogP) is 4.17. The summed E-state index contributed by atoms with van der Waals surface area (Å²) >= 11 is 1.94. The van der Waals surface area contributed by atoms with Gasteiger partial charge in [-0.15, -0.1) is 11.3 Å². The van der Waals surface area contributed by atoms with Crippen molar-refractivity contribution < 1.29 is 0 Å². The lowest BCUT2D eigenvalue weighted by Gasteiger charge is -2.40. The van der Waals surface area contributed by atoms with E-state index >= 15 is 0 Å². The van der Waals surface area contributed by atoms with Gasteiger partial charge in [0.15, 0.2) is 0 Å². The number of likely N-dealkylation sites (tertiary alicyclic amines) is 1. The molecule has 2 heterocycles. The first kappa shape index (κ1) is 16.0. The van der Waals surface area contributed by atoms with E-state index in [2.05, 4.69) is 51.7 Å². The summed E-state index contributed by atoms with van der Waals surface area (Å²) in [6, 6.07) is 4.99. The number of piperidine rings is 1. The van der Waals surface area contributed by atoms with E-state index in [1.807, 2.05) is 11.3 Å². The van der Waals surface area contributed by atoms with E-state index in [0.717, 1.165) is 6.54 Å². The predicted molar refractivity (Wildman–Crippen MR) is 89.4 cm³/mol. The highest BCUT2D eigenvalue weighted by atomic mass is 32.1. The quantitative estimate of drug-likeness (QED) is 0.906. The summed E-state index contributed by atoms with van der Waals surface area (Å²) in [4.78, 5) is 5.49. The Bertz CT molecular complexity index is 432. The largest absolute Gasteiger partial charge is 0.329 e. The molecule has 0 radical (unpaired) electrons. The molecule has 1 fully saturated rings. The van der Waals surface area contributed by atoms with Gasteiger partial charge in [-0.3, -0.25) is 4.90 Å². The minimum atomic E-state index is 0.242. The topological polar surface area (TPSA) is 29.3 Å². The first-order valence-electron chi connectivity index (χ1n) is 7.77. The third kappa shape index (κ3) is 3.63. The standard InChI is InChI=1S/C17H30N2S/c1-16(2,3)15-7-6-14(20-15)13(12-18)19-10-8-17(4,5)9-11-19/h6-7,13H,8-12,18H2,1-5H3. The monoisotopic (exact) mass is 294 g/mol. The molecule has 1 aromatic heterocycles. The zero-order valence-electron chi connectivity index (χ0n) is 13.7. The average Bonchev–Trinajstić information content (AvgIpc) is 2.81. The molecule has 2 rings (SSSR count). The zero-order chi connectivity index (χ0) is 15.0. The third-order valence-electron chi connectivity index (χ3n) is 4.51. The van der Waals surface area contributed by atoms with Gasteiger partial charge in [-0.1, -0.05) is 34.6 Å². The summed E-state index contributed by atoms with van der Waals surface area (Å²) in [6.07, 6.45) is 2.56. The molecule has 2 nitrogen and oxygen atoms in total. The van der Waals surface area contributed by atoms with Gasteiger partial charge in [0.2, 0.25) is 0 Å². The van der Waals surface area contributed by atoms with Crippen molar-refractivity contribution in [1.82, 2.24) is 4.90 Å². The third-order valence-corrected chi connectivity index (χ3v) is 6.12. The number of hydrogen-bond acceptors (Lipinski definition) is 3. The van der Waals surface area contributed by atoms with Gasteiger partial charge in [-0.05, 0) is 48.9 Å². The Balaban J connectivity index is 2.11. The highest BCUT2D eigenvalue weighted by Gasteiger charge is 2.30. The van der Waals surface area contributed by atoms with Crippen LogP contribution >= 0.6 is 11.3 Å². The van der Waals surface area contributed by atoms with Gasteiger partial charge in [0, 0.05) is 16.3 Å². The Labute approximate surface area is 128 Å². The molecule has 1 aliphatic heterocycles. The minimum absolute atomic E-state index is 0.242. The SMILES string of the molecule is CC1(C)CCN(C(CN)c2ccc(C(C)(C)C)s2)CC1. The number of thiophene rings is 1. The first-order chi connectivity index (χ1) is 9.23. The molecule has 0 saturated carbocycles. The van der Waals surface area contributed by atoms with Crippen LogP contribution in [0, 0.1) is 5.41 Å². The Morgan fingerprint density at radius 2 is 1.85 bits per heavy atom. The molecular weight excluding hydrogens is 264 g/mol. The molecule has 20 heavy (non-hydrogen) atoms. The highest BCUT2D eigenvalue weighted by Crippen LogP contribution is 2.37. The van der Waals surface area contributed by atoms with Gasteiger partial charge < -0.3 is 5.73 Å². The summed E-state index contributed by atoms with van der Waals surface area (Å²) in [6.45, 7) is 14.7. The second kappa shape index (κ2) is 5.78. The van der Waals surface area contributed by atoms with Crippen LogP contribution in [0.25, 0.3) is 0 Å². The molecule has 0 aliphatic carbocycles. The molecule has 1 saturated heterocycles. The molecule has 1 aromatic rings. The van der Waals surface area contributed by atoms with Gasteiger partial charge in [0.25, 0.3) is 0 Å². The van der Waals surface area contributed by atoms with Crippen LogP contribution in [0.4, 0.5) is 0 Å². The molecule has 0 aromatic carbocycles. The fourth-order valence-corrected chi connectivity index (χ4v) is 4.03. The average molecular weight is 295 g/mol. The van der Waals surface area contributed by atoms with Crippen molar-refractivity contribution in [2.45, 2.75) is 58.9 Å². The van der Waals surface area contributed by atoms with Gasteiger partial charge >= 0.3 is 0 Å². The summed E-state index contributed by atoms with van der Waals surface area (Å²) in [5.74, 6) is 0. The van der Waals surface area contributed by atoms with Crippen LogP contribution in [0.15, 0.2) is 12.1 Å². The smallest absolute Gasteiger partial charge is 0.0564 e. The van der Waals surface area contributed by atoms with E-state index in [-0.39, 0.29) is 5.41 Å². The normalized spacial score (nSPS) is 21.9. The lowest BCUT2D eigenvalue weighted by atomic mass is 9.82. The van der Waals surface area contributed by atoms with Crippen molar-refractivity contribution in [3.8, 4) is 0 Å². The Morgan fingerprint density at radius 3 is 2.30 bits per heavy atom. The van der Waals surface area contributed by atoms with Crippen molar-refractivity contribution >= 4 is 11.3 Å². The lowest BCUT2D eigenvalue weighted by molar-refractivity contribution is 0.0977. The second-order valence-electron chi connectivity index (χ2n) is 7.90. The number of nitrogens with two attached hydrogens (primary N) is 1. The van der Waals surface area contributed by atoms with Crippen LogP contribution in [0.1, 0.15) is 63.3 Å². The van der Waals surface area contributed by atoms with Crippen LogP contribution in [-0.4, -0.2) is 24.5 Å². The summed E-state index contributed by atoms with van der Waals surface area (Å²) in [5.41, 5.74) is 6.83. The summed E-state index contributed by atoms with van der Waals surface area (Å²) in [7, 11) is 0. The number of hydrogen-bond donors (Lipinski definition) is 1. The molecule has 1 aliphatic rings. The molecule has 1 unspecified atom stereocenters. The van der Waals surface area contributed by atoms with Crippen LogP contribution in [-0.2, 0) is 5.41 Å². The fourth-order valence-electron chi connectivity index (χ4n) is 2.82. The maximum absolute atomic E-state index is 6.09. The van der Waals surface area contributed by atoms with Crippen LogP contribution < -0.4 is 5.73 Å². The van der Waals surface area contributed by atoms with Crippen LogP contribution in [0.3, 0.4) is 0 Å². The fraction of sp³-hybridized carbons (Fsp3) is 0.765. The zero-order valence-corrected chi connectivity index (χ0v) is 14.5. The lowest BCUT2D eigenvalue weighted by Crippen LogP contribution is -2.41. The van der Waals surface area contributed by atoms with Crippen LogP contribution in [0.5, 0.6) is 0 Å². The van der Waals surface area contributed by atoms with Crippen molar-refractivity contribution in [3.05, 3.63) is 21.9 Å². The van der Waals surface area contributed by atoms with Crippen molar-refractivity contribution in [2.24, 2.45) is 11.1 Å². The molecule has 0 spiro atoms. The summed E-state index contributed by atoms with van der Waals surface area (Å²) < 4.78 is 0. The van der Waals surface area contributed by atoms with Crippen molar-refractivity contribution in [3.63, 3.8) is 0 Å². The Kier molecular flexibility index (Phi) is 4.63. The minimum Gasteiger partial charge on any atom is -0.329 e. The van der Waals surface area contributed by atoms with E-state index in [4.69, 9.17) is 5.73 Å². The molecule has 3 heteroatoms. The molecular formula is C17H30N2S. The van der Waals surface area contributed by atoms with E-state index in [1.165, 1.54) is 35.7 Å². The van der Waals surface area contributed by atoms with Gasteiger partial charge in [-0.2, -0.15) is 0 Å². The first-order valence-corrected chi connectivity index (χ1v) is 8.59. The Hall–Kier alpha value is -0.380. The number of rotatable bonds is 3. The van der Waals surface area contributed by atoms with E-state index in [0.29, 0.717) is 11.5 Å². The maximum atomic E-state index is 6.09. The van der Waals surface area contributed by atoms with Crippen LogP contribution in [0.2, 0.25) is 0 Å². The molecule has 2 N–H and O–H groups in total. The van der Waals surface area contributed by atoms with Crippen molar-refractivity contribution in [1.29, 1.82) is 0 Å². The molecule has 114 valence electrons. The second-order valence-corrected chi connectivity index (χ2v) is 9.02. The van der Waals surface area contributed by atoms with Gasteiger partial charge in [0.1, 0.15) is 0 Å². The van der Waals surface area contributed by atoms with E-state index in [1.54, 1.807) is 0 Å². The number of nitrogens with zero attached hydrogens (tertiary/aromatic N) is 1. The Morgan fingerprint density at radius 1 is 1.25 bits per heavy atom. The maximum Gasteiger partial charge on any atom is 0.0564 e. The molecule has 1 atom stereocenters. The molecule has 0 amide bonds. The van der Waals surface area contributed by atoms with E-state index in [9.17, 15) is 0 Å². The van der Waals surface area contributed by atoms with Crippen molar-refractivity contribution in [2.75, 3.05) is 19.6 Å². The summed E-state index contributed by atoms with van der Waals surface area (Å²) in [5, 5.41) is 0. The van der Waals surface area contributed by atoms with Gasteiger partial charge in [0.05, 0.1) is 6.04 Å². The van der Waals surface area contributed by atoms with E-state index < -0.39 is 0 Å². The highest BCUT2D eigenvalue weighted by molar-refractivity contribution is 7.12.